The van der Waals surface area contributed by atoms with Gasteiger partial charge in [-0.1, -0.05) is 60.7 Å². The Kier molecular flexibility index (Phi) is 7.39. The van der Waals surface area contributed by atoms with Gasteiger partial charge in [-0.3, -0.25) is 0 Å². The molecule has 1 aliphatic heterocycles. The van der Waals surface area contributed by atoms with Crippen LogP contribution in [0.1, 0.15) is 54.9 Å². The van der Waals surface area contributed by atoms with Crippen LogP contribution in [-0.4, -0.2) is 13.2 Å². The van der Waals surface area contributed by atoms with Crippen LogP contribution in [0.25, 0.3) is 11.1 Å². The lowest BCUT2D eigenvalue weighted by Gasteiger charge is -2.30. The van der Waals surface area contributed by atoms with E-state index in [2.05, 4.69) is 55.1 Å². The van der Waals surface area contributed by atoms with E-state index < -0.39 is 0 Å². The highest BCUT2D eigenvalue weighted by molar-refractivity contribution is 5.64. The minimum atomic E-state index is -0.325. The summed E-state index contributed by atoms with van der Waals surface area (Å²) in [4.78, 5) is 0. The molecule has 0 bridgehead atoms. The third-order valence-corrected chi connectivity index (χ3v) is 6.21. The maximum Gasteiger partial charge on any atom is 0.165 e. The lowest BCUT2D eigenvalue weighted by atomic mass is 9.88. The van der Waals surface area contributed by atoms with E-state index in [1.54, 1.807) is 6.07 Å². The van der Waals surface area contributed by atoms with E-state index in [-0.39, 0.29) is 11.9 Å². The standard InChI is InChI=1S/C29H31FO2/c1-3-5-6-21-7-9-24(10-8-21)28-17-16-26(20-32-28)23-13-11-22(12-14-23)25-15-18-29(31-4-2)27(30)19-25/h3,7-15,18-19,26,28H,1,4-6,16-17,20H2,2H3. The molecule has 2 nitrogen and oxygen atoms in total. The summed E-state index contributed by atoms with van der Waals surface area (Å²) >= 11 is 0. The van der Waals surface area contributed by atoms with Crippen LogP contribution in [0.3, 0.4) is 0 Å². The van der Waals surface area contributed by atoms with E-state index in [0.29, 0.717) is 18.3 Å². The van der Waals surface area contributed by atoms with Gasteiger partial charge in [-0.05, 0) is 72.6 Å². The number of benzene rings is 3. The lowest BCUT2D eigenvalue weighted by Crippen LogP contribution is -2.19. The molecule has 0 radical (unpaired) electrons. The number of allylic oxidation sites excluding steroid dienone is 1. The van der Waals surface area contributed by atoms with Crippen molar-refractivity contribution in [2.75, 3.05) is 13.2 Å². The van der Waals surface area contributed by atoms with Crippen molar-refractivity contribution in [1.82, 2.24) is 0 Å². The molecule has 1 aliphatic rings. The highest BCUT2D eigenvalue weighted by Gasteiger charge is 2.24. The summed E-state index contributed by atoms with van der Waals surface area (Å²) in [6, 6.07) is 22.4. The molecular weight excluding hydrogens is 399 g/mol. The summed E-state index contributed by atoms with van der Waals surface area (Å²) in [5.74, 6) is 0.367. The molecule has 1 saturated heterocycles. The molecule has 0 spiro atoms. The van der Waals surface area contributed by atoms with Crippen molar-refractivity contribution in [2.24, 2.45) is 0 Å². The predicted molar refractivity (Wildman–Crippen MR) is 129 cm³/mol. The van der Waals surface area contributed by atoms with E-state index in [1.165, 1.54) is 22.8 Å². The minimum absolute atomic E-state index is 0.172. The van der Waals surface area contributed by atoms with Crippen LogP contribution in [0.2, 0.25) is 0 Å². The second-order valence-corrected chi connectivity index (χ2v) is 8.37. The molecule has 3 aromatic rings. The summed E-state index contributed by atoms with van der Waals surface area (Å²) in [6.45, 7) is 6.82. The number of aryl methyl sites for hydroxylation is 1. The molecule has 1 heterocycles. The van der Waals surface area contributed by atoms with Crippen LogP contribution in [-0.2, 0) is 11.2 Å². The van der Waals surface area contributed by atoms with Gasteiger partial charge >= 0.3 is 0 Å². The first kappa shape index (κ1) is 22.3. The van der Waals surface area contributed by atoms with Gasteiger partial charge in [0.15, 0.2) is 11.6 Å². The van der Waals surface area contributed by atoms with Gasteiger partial charge in [-0.2, -0.15) is 0 Å². The van der Waals surface area contributed by atoms with Crippen molar-refractivity contribution in [2.45, 2.75) is 44.6 Å². The Balaban J connectivity index is 1.36. The van der Waals surface area contributed by atoms with Crippen molar-refractivity contribution < 1.29 is 13.9 Å². The SMILES string of the molecule is C=CCCc1ccc(C2CCC(c3ccc(-c4ccc(OCC)c(F)c4)cc3)CO2)cc1. The van der Waals surface area contributed by atoms with Crippen LogP contribution >= 0.6 is 0 Å². The maximum absolute atomic E-state index is 14.2. The molecule has 1 fully saturated rings. The van der Waals surface area contributed by atoms with Crippen LogP contribution in [0.4, 0.5) is 4.39 Å². The van der Waals surface area contributed by atoms with Gasteiger partial charge in [0.1, 0.15) is 0 Å². The zero-order valence-corrected chi connectivity index (χ0v) is 18.7. The summed E-state index contributed by atoms with van der Waals surface area (Å²) in [5, 5.41) is 0. The van der Waals surface area contributed by atoms with Crippen LogP contribution < -0.4 is 4.74 Å². The smallest absolute Gasteiger partial charge is 0.165 e. The molecule has 3 aromatic carbocycles. The van der Waals surface area contributed by atoms with Gasteiger partial charge in [0, 0.05) is 5.92 Å². The van der Waals surface area contributed by atoms with E-state index in [1.807, 2.05) is 19.1 Å². The first-order valence-corrected chi connectivity index (χ1v) is 11.5. The van der Waals surface area contributed by atoms with Crippen LogP contribution in [0.15, 0.2) is 79.4 Å². The Labute approximate surface area is 190 Å². The predicted octanol–water partition coefficient (Wildman–Crippen LogP) is 7.65. The molecular formula is C29H31FO2. The number of hydrogen-bond acceptors (Lipinski definition) is 2. The molecule has 0 N–H and O–H groups in total. The Morgan fingerprint density at radius 2 is 1.69 bits per heavy atom. The Morgan fingerprint density at radius 1 is 0.969 bits per heavy atom. The third-order valence-electron chi connectivity index (χ3n) is 6.21. The lowest BCUT2D eigenvalue weighted by molar-refractivity contribution is 0.00237. The van der Waals surface area contributed by atoms with Gasteiger partial charge in [0.25, 0.3) is 0 Å². The molecule has 2 unspecified atom stereocenters. The Hall–Kier alpha value is -2.91. The van der Waals surface area contributed by atoms with Crippen molar-refractivity contribution in [1.29, 1.82) is 0 Å². The first-order chi connectivity index (χ1) is 15.7. The maximum atomic E-state index is 14.2. The van der Waals surface area contributed by atoms with Gasteiger partial charge in [-0.25, -0.2) is 4.39 Å². The van der Waals surface area contributed by atoms with Crippen molar-refractivity contribution in [3.8, 4) is 16.9 Å². The Morgan fingerprint density at radius 3 is 2.31 bits per heavy atom. The van der Waals surface area contributed by atoms with E-state index in [0.717, 1.165) is 43.4 Å². The van der Waals surface area contributed by atoms with E-state index in [4.69, 9.17) is 9.47 Å². The molecule has 0 aliphatic carbocycles. The van der Waals surface area contributed by atoms with Gasteiger partial charge in [0.05, 0.1) is 19.3 Å². The van der Waals surface area contributed by atoms with Gasteiger partial charge < -0.3 is 9.47 Å². The fraction of sp³-hybridized carbons (Fsp3) is 0.310. The zero-order valence-electron chi connectivity index (χ0n) is 18.7. The van der Waals surface area contributed by atoms with Gasteiger partial charge in [0.2, 0.25) is 0 Å². The average molecular weight is 431 g/mol. The second kappa shape index (κ2) is 10.6. The molecule has 2 atom stereocenters. The number of rotatable bonds is 8. The molecule has 4 rings (SSSR count). The van der Waals surface area contributed by atoms with Crippen LogP contribution in [0.5, 0.6) is 5.75 Å². The van der Waals surface area contributed by atoms with Crippen molar-refractivity contribution in [3.63, 3.8) is 0 Å². The molecule has 32 heavy (non-hydrogen) atoms. The number of ether oxygens (including phenoxy) is 2. The molecule has 3 heteroatoms. The largest absolute Gasteiger partial charge is 0.491 e. The minimum Gasteiger partial charge on any atom is -0.491 e. The number of halogens is 1. The quantitative estimate of drug-likeness (QED) is 0.342. The fourth-order valence-corrected chi connectivity index (χ4v) is 4.35. The van der Waals surface area contributed by atoms with Crippen LogP contribution in [0, 0.1) is 5.82 Å². The molecule has 0 saturated carbocycles. The van der Waals surface area contributed by atoms with E-state index in [9.17, 15) is 4.39 Å². The van der Waals surface area contributed by atoms with E-state index >= 15 is 0 Å². The summed E-state index contributed by atoms with van der Waals surface area (Å²) in [7, 11) is 0. The summed E-state index contributed by atoms with van der Waals surface area (Å²) in [5.41, 5.74) is 5.74. The Bertz CT molecular complexity index is 1020. The summed E-state index contributed by atoms with van der Waals surface area (Å²) < 4.78 is 25.7. The second-order valence-electron chi connectivity index (χ2n) is 8.37. The molecule has 166 valence electrons. The number of hydrogen-bond donors (Lipinski definition) is 0. The van der Waals surface area contributed by atoms with Crippen molar-refractivity contribution >= 4 is 0 Å². The van der Waals surface area contributed by atoms with Gasteiger partial charge in [-0.15, -0.1) is 6.58 Å². The average Bonchev–Trinajstić information content (AvgIpc) is 2.85. The third kappa shape index (κ3) is 5.28. The first-order valence-electron chi connectivity index (χ1n) is 11.5. The topological polar surface area (TPSA) is 18.5 Å². The highest BCUT2D eigenvalue weighted by atomic mass is 19.1. The molecule has 0 aromatic heterocycles. The van der Waals surface area contributed by atoms with Crippen molar-refractivity contribution in [3.05, 3.63) is 102 Å². The monoisotopic (exact) mass is 430 g/mol. The molecule has 0 amide bonds. The zero-order chi connectivity index (χ0) is 22.3. The normalized spacial score (nSPS) is 18.3. The fourth-order valence-electron chi connectivity index (χ4n) is 4.35. The summed E-state index contributed by atoms with van der Waals surface area (Å²) in [6.07, 6.45) is 6.29. The highest BCUT2D eigenvalue weighted by Crippen LogP contribution is 2.36.